The number of hydrogen-bond acceptors (Lipinski definition) is 7. The van der Waals surface area contributed by atoms with Gasteiger partial charge in [0, 0.05) is 29.7 Å². The second-order valence-corrected chi connectivity index (χ2v) is 6.38. The van der Waals surface area contributed by atoms with Crippen molar-refractivity contribution in [2.75, 3.05) is 18.5 Å². The number of anilines is 1. The summed E-state index contributed by atoms with van der Waals surface area (Å²) < 4.78 is 21.2. The monoisotopic (exact) mass is 386 g/mol. The van der Waals surface area contributed by atoms with Gasteiger partial charge in [-0.3, -0.25) is 4.79 Å². The van der Waals surface area contributed by atoms with Gasteiger partial charge in [-0.2, -0.15) is 0 Å². The van der Waals surface area contributed by atoms with Crippen LogP contribution in [0.15, 0.2) is 28.8 Å². The maximum absolute atomic E-state index is 11.9. The number of ether oxygens (including phenoxy) is 3. The van der Waals surface area contributed by atoms with Crippen molar-refractivity contribution in [2.45, 2.75) is 33.3 Å². The Kier molecular flexibility index (Phi) is 5.98. The maximum Gasteiger partial charge on any atom is 0.331 e. The van der Waals surface area contributed by atoms with Gasteiger partial charge in [-0.25, -0.2) is 4.79 Å². The van der Waals surface area contributed by atoms with Crippen molar-refractivity contribution < 1.29 is 28.3 Å². The lowest BCUT2D eigenvalue weighted by atomic mass is 10.1. The van der Waals surface area contributed by atoms with E-state index >= 15 is 0 Å². The molecule has 3 rings (SSSR count). The highest BCUT2D eigenvalue weighted by Crippen LogP contribution is 2.35. The second kappa shape index (κ2) is 8.60. The standard InChI is InChI=1S/C20H22N2O6/c1-4-25-16-10-15-7-12(2)27-17(15)9-14(16)5-6-20(24)26-11-19(23)21-18-8-13(3)28-22-18/h5-6,8-10,12H,4,7,11H2,1-3H3,(H,21,22,23)/b6-5+/t12-/m0/s1. The number of aromatic nitrogens is 1. The molecule has 0 unspecified atom stereocenters. The first-order valence-electron chi connectivity index (χ1n) is 8.99. The van der Waals surface area contributed by atoms with Crippen LogP contribution < -0.4 is 14.8 Å². The Balaban J connectivity index is 1.59. The molecule has 8 nitrogen and oxygen atoms in total. The summed E-state index contributed by atoms with van der Waals surface area (Å²) in [5.41, 5.74) is 1.78. The molecular formula is C20H22N2O6. The Bertz CT molecular complexity index is 902. The van der Waals surface area contributed by atoms with Crippen molar-refractivity contribution in [3.63, 3.8) is 0 Å². The summed E-state index contributed by atoms with van der Waals surface area (Å²) in [6.07, 6.45) is 3.76. The highest BCUT2D eigenvalue weighted by atomic mass is 16.5. The molecule has 1 aliphatic rings. The largest absolute Gasteiger partial charge is 0.493 e. The molecular weight excluding hydrogens is 364 g/mol. The Morgan fingerprint density at radius 1 is 1.36 bits per heavy atom. The summed E-state index contributed by atoms with van der Waals surface area (Å²) in [4.78, 5) is 23.7. The Morgan fingerprint density at radius 2 is 2.18 bits per heavy atom. The number of rotatable bonds is 7. The minimum Gasteiger partial charge on any atom is -0.493 e. The van der Waals surface area contributed by atoms with Crippen molar-refractivity contribution in [3.05, 3.63) is 41.2 Å². The average molecular weight is 386 g/mol. The van der Waals surface area contributed by atoms with Gasteiger partial charge in [-0.15, -0.1) is 0 Å². The van der Waals surface area contributed by atoms with Crippen LogP contribution >= 0.6 is 0 Å². The highest BCUT2D eigenvalue weighted by molar-refractivity contribution is 5.94. The fourth-order valence-corrected chi connectivity index (χ4v) is 2.81. The quantitative estimate of drug-likeness (QED) is 0.577. The zero-order valence-electron chi connectivity index (χ0n) is 16.0. The molecule has 0 bridgehead atoms. The van der Waals surface area contributed by atoms with E-state index < -0.39 is 18.5 Å². The van der Waals surface area contributed by atoms with Gasteiger partial charge < -0.3 is 24.1 Å². The van der Waals surface area contributed by atoms with E-state index in [1.54, 1.807) is 19.1 Å². The number of amides is 1. The zero-order valence-corrected chi connectivity index (χ0v) is 16.0. The van der Waals surface area contributed by atoms with Crippen LogP contribution in [0, 0.1) is 6.92 Å². The van der Waals surface area contributed by atoms with Gasteiger partial charge >= 0.3 is 5.97 Å². The van der Waals surface area contributed by atoms with Crippen molar-refractivity contribution in [1.29, 1.82) is 0 Å². The second-order valence-electron chi connectivity index (χ2n) is 6.38. The molecule has 1 N–H and O–H groups in total. The third-order valence-electron chi connectivity index (χ3n) is 3.97. The number of carbonyl (C=O) groups is 2. The summed E-state index contributed by atoms with van der Waals surface area (Å²) in [7, 11) is 0. The van der Waals surface area contributed by atoms with E-state index in [2.05, 4.69) is 10.5 Å². The van der Waals surface area contributed by atoms with Gasteiger partial charge in [0.05, 0.1) is 6.61 Å². The third-order valence-corrected chi connectivity index (χ3v) is 3.97. The summed E-state index contributed by atoms with van der Waals surface area (Å²) in [5.74, 6) is 1.12. The molecule has 1 amide bonds. The van der Waals surface area contributed by atoms with Crippen LogP contribution in [-0.2, 0) is 20.7 Å². The number of nitrogens with zero attached hydrogens (tertiary/aromatic N) is 1. The predicted octanol–water partition coefficient (Wildman–Crippen LogP) is 2.90. The molecule has 1 aromatic carbocycles. The number of fused-ring (bicyclic) bond motifs is 1. The van der Waals surface area contributed by atoms with E-state index in [0.717, 1.165) is 17.7 Å². The Labute approximate surface area is 162 Å². The average Bonchev–Trinajstić information content (AvgIpc) is 3.22. The van der Waals surface area contributed by atoms with Gasteiger partial charge in [-0.05, 0) is 39.0 Å². The number of esters is 1. The molecule has 2 aromatic rings. The molecule has 8 heteroatoms. The first-order chi connectivity index (χ1) is 13.4. The van der Waals surface area contributed by atoms with Crippen molar-refractivity contribution in [2.24, 2.45) is 0 Å². The van der Waals surface area contributed by atoms with Crippen LogP contribution in [-0.4, -0.2) is 36.4 Å². The van der Waals surface area contributed by atoms with Crippen molar-refractivity contribution >= 4 is 23.8 Å². The maximum atomic E-state index is 11.9. The van der Waals surface area contributed by atoms with E-state index in [1.165, 1.54) is 6.08 Å². The number of hydrogen-bond donors (Lipinski definition) is 1. The number of benzene rings is 1. The third kappa shape index (κ3) is 4.91. The van der Waals surface area contributed by atoms with Crippen LogP contribution in [0.3, 0.4) is 0 Å². The van der Waals surface area contributed by atoms with Gasteiger partial charge in [-0.1, -0.05) is 5.16 Å². The van der Waals surface area contributed by atoms with E-state index in [-0.39, 0.29) is 11.9 Å². The first-order valence-corrected chi connectivity index (χ1v) is 8.99. The molecule has 0 radical (unpaired) electrons. The minimum absolute atomic E-state index is 0.112. The fourth-order valence-electron chi connectivity index (χ4n) is 2.81. The van der Waals surface area contributed by atoms with E-state index in [1.807, 2.05) is 26.0 Å². The van der Waals surface area contributed by atoms with Crippen LogP contribution in [0.1, 0.15) is 30.7 Å². The van der Waals surface area contributed by atoms with Crippen LogP contribution in [0.4, 0.5) is 5.82 Å². The number of nitrogens with one attached hydrogen (secondary N) is 1. The molecule has 1 atom stereocenters. The lowest BCUT2D eigenvalue weighted by molar-refractivity contribution is -0.142. The van der Waals surface area contributed by atoms with Gasteiger partial charge in [0.25, 0.3) is 5.91 Å². The van der Waals surface area contributed by atoms with E-state index in [0.29, 0.717) is 23.7 Å². The predicted molar refractivity (Wildman–Crippen MR) is 101 cm³/mol. The smallest absolute Gasteiger partial charge is 0.331 e. The van der Waals surface area contributed by atoms with Gasteiger partial charge in [0.2, 0.25) is 0 Å². The SMILES string of the molecule is CCOc1cc2c(cc1/C=C/C(=O)OCC(=O)Nc1cc(C)on1)O[C@@H](C)C2. The lowest BCUT2D eigenvalue weighted by Crippen LogP contribution is -2.20. The van der Waals surface area contributed by atoms with Crippen LogP contribution in [0.2, 0.25) is 0 Å². The number of aryl methyl sites for hydroxylation is 1. The van der Waals surface area contributed by atoms with Crippen molar-refractivity contribution in [3.8, 4) is 11.5 Å². The molecule has 0 saturated carbocycles. The van der Waals surface area contributed by atoms with Crippen LogP contribution in [0.25, 0.3) is 6.08 Å². The summed E-state index contributed by atoms with van der Waals surface area (Å²) in [5, 5.41) is 6.10. The van der Waals surface area contributed by atoms with E-state index in [9.17, 15) is 9.59 Å². The topological polar surface area (TPSA) is 99.9 Å². The first kappa shape index (κ1) is 19.5. The van der Waals surface area contributed by atoms with Gasteiger partial charge in [0.1, 0.15) is 23.4 Å². The number of carbonyl (C=O) groups excluding carboxylic acids is 2. The zero-order chi connectivity index (χ0) is 20.1. The molecule has 0 fully saturated rings. The van der Waals surface area contributed by atoms with Gasteiger partial charge in [0.15, 0.2) is 12.4 Å². The molecule has 0 spiro atoms. The Morgan fingerprint density at radius 3 is 2.89 bits per heavy atom. The molecule has 1 aromatic heterocycles. The molecule has 2 heterocycles. The molecule has 1 aliphatic heterocycles. The lowest BCUT2D eigenvalue weighted by Gasteiger charge is -2.10. The summed E-state index contributed by atoms with van der Waals surface area (Å²) in [6, 6.07) is 5.33. The molecule has 148 valence electrons. The summed E-state index contributed by atoms with van der Waals surface area (Å²) in [6.45, 7) is 5.66. The van der Waals surface area contributed by atoms with Crippen molar-refractivity contribution in [1.82, 2.24) is 5.16 Å². The Hall–Kier alpha value is -3.29. The molecule has 0 saturated heterocycles. The summed E-state index contributed by atoms with van der Waals surface area (Å²) >= 11 is 0. The minimum atomic E-state index is -0.649. The highest BCUT2D eigenvalue weighted by Gasteiger charge is 2.21. The molecule has 0 aliphatic carbocycles. The normalized spacial score (nSPS) is 15.2. The van der Waals surface area contributed by atoms with E-state index in [4.69, 9.17) is 18.7 Å². The molecule has 28 heavy (non-hydrogen) atoms. The van der Waals surface area contributed by atoms with Crippen LogP contribution in [0.5, 0.6) is 11.5 Å². The fraction of sp³-hybridized carbons (Fsp3) is 0.350.